The van der Waals surface area contributed by atoms with Crippen molar-refractivity contribution in [3.8, 4) is 28.6 Å². The Morgan fingerprint density at radius 2 is 2.03 bits per heavy atom. The van der Waals surface area contributed by atoms with E-state index in [-0.39, 0.29) is 12.5 Å². The summed E-state index contributed by atoms with van der Waals surface area (Å²) in [6.07, 6.45) is 3.32. The molecular weight excluding hydrogens is 404 g/mol. The van der Waals surface area contributed by atoms with E-state index in [4.69, 9.17) is 20.9 Å². The molecule has 1 amide bonds. The summed E-state index contributed by atoms with van der Waals surface area (Å²) >= 11 is 6.01. The van der Waals surface area contributed by atoms with Gasteiger partial charge in [0.1, 0.15) is 5.75 Å². The maximum absolute atomic E-state index is 12.4. The molecule has 8 heteroatoms. The minimum atomic E-state index is -0.318. The Kier molecular flexibility index (Phi) is 5.72. The Bertz CT molecular complexity index is 1180. The molecule has 0 aliphatic carbocycles. The van der Waals surface area contributed by atoms with E-state index in [9.17, 15) is 4.79 Å². The number of nitrogens with zero attached hydrogens (tertiary/aromatic N) is 3. The first kappa shape index (κ1) is 19.6. The first-order valence-electron chi connectivity index (χ1n) is 9.12. The van der Waals surface area contributed by atoms with Crippen molar-refractivity contribution >= 4 is 23.2 Å². The third-order valence-corrected chi connectivity index (χ3v) is 4.70. The summed E-state index contributed by atoms with van der Waals surface area (Å²) in [5, 5.41) is 7.47. The molecule has 2 heterocycles. The van der Waals surface area contributed by atoms with Crippen molar-refractivity contribution in [3.05, 3.63) is 77.6 Å². The van der Waals surface area contributed by atoms with Crippen molar-refractivity contribution in [1.82, 2.24) is 15.1 Å². The summed E-state index contributed by atoms with van der Waals surface area (Å²) in [6, 6.07) is 16.0. The molecule has 0 saturated carbocycles. The van der Waals surface area contributed by atoms with Crippen molar-refractivity contribution in [2.45, 2.75) is 6.92 Å². The molecule has 1 N–H and O–H groups in total. The number of aromatic nitrogens is 3. The van der Waals surface area contributed by atoms with E-state index in [0.29, 0.717) is 33.7 Å². The van der Waals surface area contributed by atoms with Crippen LogP contribution in [-0.2, 0) is 4.79 Å². The fourth-order valence-electron chi connectivity index (χ4n) is 2.77. The highest BCUT2D eigenvalue weighted by Crippen LogP contribution is 2.28. The number of pyridine rings is 1. The summed E-state index contributed by atoms with van der Waals surface area (Å²) in [7, 11) is 0. The van der Waals surface area contributed by atoms with Crippen molar-refractivity contribution in [3.63, 3.8) is 0 Å². The molecule has 2 aromatic heterocycles. The van der Waals surface area contributed by atoms with E-state index in [2.05, 4.69) is 20.4 Å². The molecule has 0 spiro atoms. The van der Waals surface area contributed by atoms with Crippen LogP contribution in [0.3, 0.4) is 0 Å². The zero-order valence-electron chi connectivity index (χ0n) is 16.0. The highest BCUT2D eigenvalue weighted by molar-refractivity contribution is 6.31. The highest BCUT2D eigenvalue weighted by Gasteiger charge is 2.15. The molecule has 0 unspecified atom stereocenters. The topological polar surface area (TPSA) is 90.1 Å². The molecule has 0 aliphatic heterocycles. The standard InChI is InChI=1S/C22H17ClN4O3/c1-14-11-16(8-9-18(14)23)29-13-20(28)25-19-7-3-2-6-17(19)22-26-21(27-30-22)15-5-4-10-24-12-15/h2-12H,13H2,1H3,(H,25,28). The average molecular weight is 421 g/mol. The summed E-state index contributed by atoms with van der Waals surface area (Å²) < 4.78 is 11.0. The molecule has 30 heavy (non-hydrogen) atoms. The van der Waals surface area contributed by atoms with Crippen molar-refractivity contribution in [2.24, 2.45) is 0 Å². The Labute approximate surface area is 177 Å². The smallest absolute Gasteiger partial charge is 0.262 e. The fraction of sp³-hybridized carbons (Fsp3) is 0.0909. The third-order valence-electron chi connectivity index (χ3n) is 4.28. The second-order valence-corrected chi connectivity index (χ2v) is 6.87. The lowest BCUT2D eigenvalue weighted by Crippen LogP contribution is -2.20. The van der Waals surface area contributed by atoms with Crippen LogP contribution in [0.5, 0.6) is 5.75 Å². The summed E-state index contributed by atoms with van der Waals surface area (Å²) in [5.74, 6) is 0.958. The maximum Gasteiger partial charge on any atom is 0.262 e. The maximum atomic E-state index is 12.4. The fourth-order valence-corrected chi connectivity index (χ4v) is 2.88. The summed E-state index contributed by atoms with van der Waals surface area (Å²) in [6.45, 7) is 1.72. The van der Waals surface area contributed by atoms with Crippen LogP contribution >= 0.6 is 11.6 Å². The van der Waals surface area contributed by atoms with Gasteiger partial charge in [-0.1, -0.05) is 28.9 Å². The van der Waals surface area contributed by atoms with Gasteiger partial charge in [0.15, 0.2) is 6.61 Å². The van der Waals surface area contributed by atoms with Crippen molar-refractivity contribution in [1.29, 1.82) is 0 Å². The van der Waals surface area contributed by atoms with Gasteiger partial charge >= 0.3 is 0 Å². The molecule has 0 radical (unpaired) electrons. The molecule has 0 bridgehead atoms. The number of amides is 1. The van der Waals surface area contributed by atoms with Crippen LogP contribution in [0.2, 0.25) is 5.02 Å². The van der Waals surface area contributed by atoms with Gasteiger partial charge in [-0.3, -0.25) is 9.78 Å². The van der Waals surface area contributed by atoms with E-state index in [1.54, 1.807) is 54.9 Å². The number of rotatable bonds is 6. The van der Waals surface area contributed by atoms with Crippen LogP contribution in [0.15, 0.2) is 71.5 Å². The van der Waals surface area contributed by atoms with Gasteiger partial charge in [-0.2, -0.15) is 4.98 Å². The van der Waals surface area contributed by atoms with Crippen LogP contribution in [0.4, 0.5) is 5.69 Å². The van der Waals surface area contributed by atoms with E-state index < -0.39 is 0 Å². The number of carbonyl (C=O) groups excluding carboxylic acids is 1. The minimum Gasteiger partial charge on any atom is -0.484 e. The molecule has 150 valence electrons. The van der Waals surface area contributed by atoms with Crippen LogP contribution in [-0.4, -0.2) is 27.6 Å². The molecule has 0 aliphatic rings. The summed E-state index contributed by atoms with van der Waals surface area (Å²) in [5.41, 5.74) is 2.76. The SMILES string of the molecule is Cc1cc(OCC(=O)Nc2ccccc2-c2nc(-c3cccnc3)no2)ccc1Cl. The van der Waals surface area contributed by atoms with Gasteiger partial charge < -0.3 is 14.6 Å². The number of benzene rings is 2. The van der Waals surface area contributed by atoms with E-state index >= 15 is 0 Å². The number of ether oxygens (including phenoxy) is 1. The van der Waals surface area contributed by atoms with Gasteiger partial charge in [-0.05, 0) is 55.0 Å². The number of hydrogen-bond acceptors (Lipinski definition) is 6. The van der Waals surface area contributed by atoms with Gasteiger partial charge in [0.2, 0.25) is 5.82 Å². The quantitative estimate of drug-likeness (QED) is 0.483. The summed E-state index contributed by atoms with van der Waals surface area (Å²) in [4.78, 5) is 20.9. The zero-order valence-corrected chi connectivity index (χ0v) is 16.8. The number of aryl methyl sites for hydroxylation is 1. The largest absolute Gasteiger partial charge is 0.484 e. The van der Waals surface area contributed by atoms with Gasteiger partial charge in [-0.15, -0.1) is 0 Å². The third kappa shape index (κ3) is 4.47. The van der Waals surface area contributed by atoms with Gasteiger partial charge in [0.05, 0.1) is 11.3 Å². The van der Waals surface area contributed by atoms with Gasteiger partial charge in [0.25, 0.3) is 11.8 Å². The lowest BCUT2D eigenvalue weighted by Gasteiger charge is -2.10. The molecule has 4 aromatic rings. The van der Waals surface area contributed by atoms with Crippen LogP contribution in [0.1, 0.15) is 5.56 Å². The molecule has 4 rings (SSSR count). The van der Waals surface area contributed by atoms with Crippen LogP contribution < -0.4 is 10.1 Å². The van der Waals surface area contributed by atoms with Crippen LogP contribution in [0.25, 0.3) is 22.8 Å². The second kappa shape index (κ2) is 8.75. The van der Waals surface area contributed by atoms with E-state index in [1.807, 2.05) is 19.1 Å². The first-order chi connectivity index (χ1) is 14.6. The van der Waals surface area contributed by atoms with E-state index in [0.717, 1.165) is 11.1 Å². The van der Waals surface area contributed by atoms with E-state index in [1.165, 1.54) is 0 Å². The predicted octanol–water partition coefficient (Wildman–Crippen LogP) is 4.78. The zero-order chi connectivity index (χ0) is 20.9. The van der Waals surface area contributed by atoms with Crippen LogP contribution in [0, 0.1) is 6.92 Å². The Morgan fingerprint density at radius 3 is 2.83 bits per heavy atom. The molecule has 0 saturated heterocycles. The van der Waals surface area contributed by atoms with Gasteiger partial charge in [-0.25, -0.2) is 0 Å². The molecule has 7 nitrogen and oxygen atoms in total. The monoisotopic (exact) mass is 420 g/mol. The Hall–Kier alpha value is -3.71. The number of nitrogens with one attached hydrogen (secondary N) is 1. The normalized spacial score (nSPS) is 10.6. The average Bonchev–Trinajstić information content (AvgIpc) is 3.26. The highest BCUT2D eigenvalue weighted by atomic mass is 35.5. The number of para-hydroxylation sites is 1. The molecular formula is C22H17ClN4O3. The Morgan fingerprint density at radius 1 is 1.17 bits per heavy atom. The first-order valence-corrected chi connectivity index (χ1v) is 9.50. The molecule has 0 fully saturated rings. The number of hydrogen-bond donors (Lipinski definition) is 1. The van der Waals surface area contributed by atoms with Crippen molar-refractivity contribution in [2.75, 3.05) is 11.9 Å². The minimum absolute atomic E-state index is 0.153. The Balaban J connectivity index is 1.47. The number of anilines is 1. The molecule has 0 atom stereocenters. The lowest BCUT2D eigenvalue weighted by atomic mass is 10.1. The van der Waals surface area contributed by atoms with Gasteiger partial charge in [0, 0.05) is 23.0 Å². The second-order valence-electron chi connectivity index (χ2n) is 6.46. The predicted molar refractivity (Wildman–Crippen MR) is 113 cm³/mol. The number of halogens is 1. The van der Waals surface area contributed by atoms with Crippen molar-refractivity contribution < 1.29 is 14.1 Å². The lowest BCUT2D eigenvalue weighted by molar-refractivity contribution is -0.118. The number of carbonyl (C=O) groups is 1. The molecule has 2 aromatic carbocycles.